The van der Waals surface area contributed by atoms with Gasteiger partial charge in [0, 0.05) is 5.57 Å². The molecule has 0 fully saturated rings. The molecule has 2 aliphatic carbocycles. The van der Waals surface area contributed by atoms with Crippen LogP contribution < -0.4 is 0 Å². The van der Waals surface area contributed by atoms with Gasteiger partial charge in [-0.15, -0.1) is 0 Å². The first-order chi connectivity index (χ1) is 9.33. The predicted octanol–water partition coefficient (Wildman–Crippen LogP) is 3.99. The largest absolute Gasteiger partial charge is 0.226 e. The van der Waals surface area contributed by atoms with Gasteiger partial charge in [-0.2, -0.15) is 9.97 Å². The molecule has 0 saturated carbocycles. The van der Waals surface area contributed by atoms with Crippen LogP contribution in [0.5, 0.6) is 0 Å². The molecule has 0 aliphatic heterocycles. The lowest BCUT2D eigenvalue weighted by Gasteiger charge is -2.10. The van der Waals surface area contributed by atoms with Crippen molar-refractivity contribution in [3.05, 3.63) is 53.4 Å². The van der Waals surface area contributed by atoms with E-state index < -0.39 is 0 Å². The van der Waals surface area contributed by atoms with Crippen molar-refractivity contribution >= 4 is 22.7 Å². The lowest BCUT2D eigenvalue weighted by atomic mass is 10.0. The Balaban J connectivity index is 2.00. The highest BCUT2D eigenvalue weighted by atomic mass is 35.5. The van der Waals surface area contributed by atoms with Crippen LogP contribution in [0.1, 0.15) is 37.3 Å². The summed E-state index contributed by atoms with van der Waals surface area (Å²) in [5, 5.41) is 0.260. The first-order valence-corrected chi connectivity index (χ1v) is 6.85. The minimum Gasteiger partial charge on any atom is -0.208 e. The smallest absolute Gasteiger partial charge is 0.208 e. The molecule has 1 aromatic heterocycles. The number of rotatable bonds is 2. The average molecular weight is 272 g/mol. The molecule has 0 amide bonds. The highest BCUT2D eigenvalue weighted by Crippen LogP contribution is 2.24. The van der Waals surface area contributed by atoms with Crippen LogP contribution in [0.2, 0.25) is 5.28 Å². The highest BCUT2D eigenvalue weighted by Gasteiger charge is 2.12. The zero-order chi connectivity index (χ0) is 13.1. The van der Waals surface area contributed by atoms with E-state index in [4.69, 9.17) is 11.6 Å². The van der Waals surface area contributed by atoms with E-state index in [0.29, 0.717) is 11.6 Å². The maximum Gasteiger partial charge on any atom is 0.226 e. The summed E-state index contributed by atoms with van der Waals surface area (Å²) in [5.41, 5.74) is 2.15. The summed E-state index contributed by atoms with van der Waals surface area (Å²) >= 11 is 6.03. The van der Waals surface area contributed by atoms with Crippen LogP contribution in [0, 0.1) is 0 Å². The molecule has 1 aromatic rings. The molecule has 4 heteroatoms. The number of hydrogen-bond donors (Lipinski definition) is 0. The van der Waals surface area contributed by atoms with E-state index in [1.807, 2.05) is 18.2 Å². The van der Waals surface area contributed by atoms with Gasteiger partial charge in [0.25, 0.3) is 0 Å². The Morgan fingerprint density at radius 1 is 0.947 bits per heavy atom. The third-order valence-electron chi connectivity index (χ3n) is 3.16. The lowest BCUT2D eigenvalue weighted by molar-refractivity contribution is 0.947. The topological polar surface area (TPSA) is 38.7 Å². The van der Waals surface area contributed by atoms with Gasteiger partial charge < -0.3 is 0 Å². The van der Waals surface area contributed by atoms with Crippen molar-refractivity contribution in [2.45, 2.75) is 25.7 Å². The van der Waals surface area contributed by atoms with Crippen LogP contribution >= 0.6 is 11.6 Å². The first-order valence-electron chi connectivity index (χ1n) is 6.47. The van der Waals surface area contributed by atoms with E-state index in [-0.39, 0.29) is 5.28 Å². The lowest BCUT2D eigenvalue weighted by Crippen LogP contribution is -2.04. The minimum atomic E-state index is 0.260. The molecule has 0 radical (unpaired) electrons. The third kappa shape index (κ3) is 2.82. The van der Waals surface area contributed by atoms with Crippen LogP contribution in [0.3, 0.4) is 0 Å². The van der Waals surface area contributed by atoms with E-state index >= 15 is 0 Å². The normalized spacial score (nSPS) is 18.2. The Hall–Kier alpha value is -1.74. The number of aromatic nitrogens is 3. The van der Waals surface area contributed by atoms with Crippen molar-refractivity contribution in [3.63, 3.8) is 0 Å². The molecule has 3 nitrogen and oxygen atoms in total. The average Bonchev–Trinajstić information content (AvgIpc) is 2.48. The predicted molar refractivity (Wildman–Crippen MR) is 77.5 cm³/mol. The molecule has 1 heterocycles. The van der Waals surface area contributed by atoms with E-state index in [2.05, 4.69) is 33.2 Å². The molecule has 19 heavy (non-hydrogen) atoms. The van der Waals surface area contributed by atoms with Gasteiger partial charge in [-0.05, 0) is 42.9 Å². The van der Waals surface area contributed by atoms with E-state index in [1.165, 1.54) is 0 Å². The van der Waals surface area contributed by atoms with Gasteiger partial charge in [0.1, 0.15) is 0 Å². The standard InChI is InChI=1S/C15H14ClN3/c16-15-18-13(11-7-3-1-4-8-11)17-14(19-15)12-9-5-2-6-10-12/h1,3,5,7,9-10H,2,4,6,8H2. The molecular formula is C15H14ClN3. The minimum absolute atomic E-state index is 0.260. The Labute approximate surface area is 117 Å². The fraction of sp³-hybridized carbons (Fsp3) is 0.267. The second-order valence-corrected chi connectivity index (χ2v) is 4.89. The van der Waals surface area contributed by atoms with Gasteiger partial charge >= 0.3 is 0 Å². The Morgan fingerprint density at radius 2 is 1.84 bits per heavy atom. The third-order valence-corrected chi connectivity index (χ3v) is 3.33. The molecule has 0 saturated heterocycles. The molecule has 0 spiro atoms. The molecule has 0 unspecified atom stereocenters. The van der Waals surface area contributed by atoms with Crippen LogP contribution in [-0.2, 0) is 0 Å². The van der Waals surface area contributed by atoms with Gasteiger partial charge in [-0.25, -0.2) is 4.98 Å². The number of halogens is 1. The molecular weight excluding hydrogens is 258 g/mol. The fourth-order valence-corrected chi connectivity index (χ4v) is 2.35. The zero-order valence-corrected chi connectivity index (χ0v) is 11.3. The Morgan fingerprint density at radius 3 is 2.58 bits per heavy atom. The van der Waals surface area contributed by atoms with Crippen molar-refractivity contribution in [1.82, 2.24) is 15.0 Å². The number of nitrogens with zero attached hydrogens (tertiary/aromatic N) is 3. The molecule has 0 N–H and O–H groups in total. The van der Waals surface area contributed by atoms with E-state index in [9.17, 15) is 0 Å². The molecule has 0 aromatic carbocycles. The van der Waals surface area contributed by atoms with Gasteiger partial charge in [0.15, 0.2) is 11.6 Å². The van der Waals surface area contributed by atoms with E-state index in [1.54, 1.807) is 0 Å². The fourth-order valence-electron chi connectivity index (χ4n) is 2.19. The van der Waals surface area contributed by atoms with Gasteiger partial charge in [0.05, 0.1) is 0 Å². The maximum absolute atomic E-state index is 6.03. The van der Waals surface area contributed by atoms with Crippen LogP contribution in [0.4, 0.5) is 0 Å². The SMILES string of the molecule is Clc1nc(C2=CCCC=C2)nc(C2=CC=CCC2)n1. The molecule has 3 rings (SSSR count). The molecule has 2 aliphatic rings. The van der Waals surface area contributed by atoms with Gasteiger partial charge in [0.2, 0.25) is 5.28 Å². The van der Waals surface area contributed by atoms with Crippen LogP contribution in [0.25, 0.3) is 11.1 Å². The quantitative estimate of drug-likeness (QED) is 0.816. The molecule has 96 valence electrons. The molecule has 0 bridgehead atoms. The van der Waals surface area contributed by atoms with E-state index in [0.717, 1.165) is 36.8 Å². The highest BCUT2D eigenvalue weighted by molar-refractivity contribution is 6.28. The monoisotopic (exact) mass is 271 g/mol. The summed E-state index contributed by atoms with van der Waals surface area (Å²) < 4.78 is 0. The first kappa shape index (κ1) is 12.3. The van der Waals surface area contributed by atoms with Crippen LogP contribution in [0.15, 0.2) is 36.5 Å². The van der Waals surface area contributed by atoms with Crippen molar-refractivity contribution in [2.75, 3.05) is 0 Å². The maximum atomic E-state index is 6.03. The summed E-state index contributed by atoms with van der Waals surface area (Å²) in [5.74, 6) is 1.36. The second-order valence-electron chi connectivity index (χ2n) is 4.55. The summed E-state index contributed by atoms with van der Waals surface area (Å²) in [7, 11) is 0. The van der Waals surface area contributed by atoms with Gasteiger partial charge in [-0.1, -0.05) is 36.5 Å². The summed E-state index contributed by atoms with van der Waals surface area (Å²) in [6.07, 6.45) is 16.6. The van der Waals surface area contributed by atoms with Gasteiger partial charge in [-0.3, -0.25) is 0 Å². The van der Waals surface area contributed by atoms with Crippen molar-refractivity contribution in [2.24, 2.45) is 0 Å². The van der Waals surface area contributed by atoms with Crippen molar-refractivity contribution in [3.8, 4) is 0 Å². The summed E-state index contributed by atoms with van der Waals surface area (Å²) in [6, 6.07) is 0. The van der Waals surface area contributed by atoms with Crippen molar-refractivity contribution in [1.29, 1.82) is 0 Å². The molecule has 0 atom stereocenters. The Bertz CT molecular complexity index is 612. The second kappa shape index (κ2) is 5.49. The Kier molecular flexibility index (Phi) is 3.56. The van der Waals surface area contributed by atoms with Crippen LogP contribution in [-0.4, -0.2) is 15.0 Å². The zero-order valence-electron chi connectivity index (χ0n) is 10.5. The number of hydrogen-bond acceptors (Lipinski definition) is 3. The summed E-state index contributed by atoms with van der Waals surface area (Å²) in [6.45, 7) is 0. The van der Waals surface area contributed by atoms with Crippen molar-refractivity contribution < 1.29 is 0 Å². The summed E-state index contributed by atoms with van der Waals surface area (Å²) in [4.78, 5) is 13.0. The number of allylic oxidation sites excluding steroid dienone is 8.